The zero-order valence-corrected chi connectivity index (χ0v) is 15.9. The number of hydrogen-bond donors (Lipinski definition) is 2. The largest absolute Gasteiger partial charge is 0.349 e. The number of aromatic nitrogens is 1. The molecular formula is C21H16ClN3OS. The van der Waals surface area contributed by atoms with Gasteiger partial charge in [0.25, 0.3) is 5.91 Å². The molecule has 1 saturated carbocycles. The Balaban J connectivity index is 1.69. The number of nitrogens with one attached hydrogen (secondary N) is 2. The van der Waals surface area contributed by atoms with E-state index in [1.807, 2.05) is 47.8 Å². The highest BCUT2D eigenvalue weighted by atomic mass is 35.5. The number of para-hydroxylation sites is 2. The van der Waals surface area contributed by atoms with Gasteiger partial charge in [-0.2, -0.15) is 0 Å². The zero-order valence-electron chi connectivity index (χ0n) is 14.3. The molecule has 2 aromatic carbocycles. The fourth-order valence-corrected chi connectivity index (χ4v) is 4.23. The first-order chi connectivity index (χ1) is 13.2. The van der Waals surface area contributed by atoms with E-state index in [-0.39, 0.29) is 5.91 Å². The van der Waals surface area contributed by atoms with E-state index < -0.39 is 0 Å². The smallest absolute Gasteiger partial charge is 0.253 e. The molecule has 0 atom stereocenters. The highest BCUT2D eigenvalue weighted by molar-refractivity contribution is 7.18. The fourth-order valence-electron chi connectivity index (χ4n) is 3.20. The Morgan fingerprint density at radius 1 is 1.07 bits per heavy atom. The highest BCUT2D eigenvalue weighted by Crippen LogP contribution is 2.37. The van der Waals surface area contributed by atoms with Crippen LogP contribution in [0, 0.1) is 0 Å². The second-order valence-corrected chi connectivity index (χ2v) is 8.00. The zero-order chi connectivity index (χ0) is 18.4. The molecule has 2 aromatic heterocycles. The quantitative estimate of drug-likeness (QED) is 0.465. The van der Waals surface area contributed by atoms with Crippen LogP contribution in [0.2, 0.25) is 5.02 Å². The van der Waals surface area contributed by atoms with Gasteiger partial charge in [0.15, 0.2) is 0 Å². The van der Waals surface area contributed by atoms with Crippen LogP contribution < -0.4 is 10.6 Å². The molecule has 0 aliphatic heterocycles. The molecule has 0 bridgehead atoms. The molecule has 4 aromatic rings. The second kappa shape index (κ2) is 6.51. The molecule has 1 aliphatic carbocycles. The van der Waals surface area contributed by atoms with E-state index >= 15 is 0 Å². The maximum absolute atomic E-state index is 12.7. The number of fused-ring (bicyclic) bond motifs is 3. The monoisotopic (exact) mass is 393 g/mol. The maximum Gasteiger partial charge on any atom is 0.253 e. The number of hydrogen-bond acceptors (Lipinski definition) is 4. The Labute approximate surface area is 165 Å². The lowest BCUT2D eigenvalue weighted by Crippen LogP contribution is -2.25. The van der Waals surface area contributed by atoms with Crippen molar-refractivity contribution in [3.8, 4) is 0 Å². The molecule has 4 nitrogen and oxygen atoms in total. The number of benzene rings is 2. The van der Waals surface area contributed by atoms with E-state index in [1.165, 1.54) is 0 Å². The average Bonchev–Trinajstić information content (AvgIpc) is 3.34. The molecule has 5 rings (SSSR count). The van der Waals surface area contributed by atoms with Crippen molar-refractivity contribution < 1.29 is 4.79 Å². The van der Waals surface area contributed by atoms with Gasteiger partial charge >= 0.3 is 0 Å². The molecule has 27 heavy (non-hydrogen) atoms. The van der Waals surface area contributed by atoms with Gasteiger partial charge in [0, 0.05) is 16.8 Å². The molecule has 1 aliphatic rings. The number of rotatable bonds is 4. The predicted octanol–water partition coefficient (Wildman–Crippen LogP) is 5.74. The van der Waals surface area contributed by atoms with Crippen LogP contribution in [-0.4, -0.2) is 16.9 Å². The van der Waals surface area contributed by atoms with Crippen LogP contribution in [0.25, 0.3) is 21.0 Å². The van der Waals surface area contributed by atoms with Crippen LogP contribution in [0.4, 0.5) is 11.5 Å². The summed E-state index contributed by atoms with van der Waals surface area (Å²) in [5, 5.41) is 11.2. The van der Waals surface area contributed by atoms with E-state index in [9.17, 15) is 4.79 Å². The van der Waals surface area contributed by atoms with Crippen molar-refractivity contribution in [2.45, 2.75) is 18.9 Å². The van der Waals surface area contributed by atoms with E-state index in [1.54, 1.807) is 11.3 Å². The number of amides is 1. The van der Waals surface area contributed by atoms with Crippen molar-refractivity contribution in [3.63, 3.8) is 0 Å². The highest BCUT2D eigenvalue weighted by Gasteiger charge is 2.25. The number of carbonyl (C=O) groups excluding carboxylic acids is 1. The van der Waals surface area contributed by atoms with Crippen LogP contribution >= 0.6 is 22.9 Å². The third kappa shape index (κ3) is 3.03. The molecule has 2 N–H and O–H groups in total. The topological polar surface area (TPSA) is 54.0 Å². The second-order valence-electron chi connectivity index (χ2n) is 6.68. The van der Waals surface area contributed by atoms with Gasteiger partial charge in [-0.1, -0.05) is 35.9 Å². The third-order valence-electron chi connectivity index (χ3n) is 4.71. The average molecular weight is 394 g/mol. The Morgan fingerprint density at radius 2 is 1.93 bits per heavy atom. The normalized spacial score (nSPS) is 13.8. The molecule has 134 valence electrons. The first kappa shape index (κ1) is 16.5. The maximum atomic E-state index is 12.7. The number of halogens is 1. The van der Waals surface area contributed by atoms with Crippen molar-refractivity contribution in [1.29, 1.82) is 0 Å². The molecule has 0 unspecified atom stereocenters. The summed E-state index contributed by atoms with van der Waals surface area (Å²) < 4.78 is 1.04. The molecule has 1 fully saturated rings. The molecule has 1 amide bonds. The summed E-state index contributed by atoms with van der Waals surface area (Å²) in [5.41, 5.74) is 2.10. The Kier molecular flexibility index (Phi) is 3.99. The molecule has 0 saturated heterocycles. The SMILES string of the molecule is O=C(NC1CC1)c1cccc2c1nc(Nc1ccccc1Cl)c1sccc12. The van der Waals surface area contributed by atoms with Crippen LogP contribution in [0.1, 0.15) is 23.2 Å². The lowest BCUT2D eigenvalue weighted by atomic mass is 10.1. The first-order valence-corrected chi connectivity index (χ1v) is 10.1. The van der Waals surface area contributed by atoms with E-state index in [4.69, 9.17) is 16.6 Å². The van der Waals surface area contributed by atoms with Crippen molar-refractivity contribution in [2.75, 3.05) is 5.32 Å². The van der Waals surface area contributed by atoms with Crippen molar-refractivity contribution in [3.05, 3.63) is 64.5 Å². The van der Waals surface area contributed by atoms with Gasteiger partial charge in [0.2, 0.25) is 0 Å². The summed E-state index contributed by atoms with van der Waals surface area (Å²) in [6.07, 6.45) is 2.11. The minimum atomic E-state index is -0.0612. The summed E-state index contributed by atoms with van der Waals surface area (Å²) in [5.74, 6) is 0.654. The van der Waals surface area contributed by atoms with Gasteiger partial charge in [-0.3, -0.25) is 4.79 Å². The lowest BCUT2D eigenvalue weighted by molar-refractivity contribution is 0.0952. The summed E-state index contributed by atoms with van der Waals surface area (Å²) in [7, 11) is 0. The molecular weight excluding hydrogens is 378 g/mol. The first-order valence-electron chi connectivity index (χ1n) is 8.83. The van der Waals surface area contributed by atoms with Gasteiger partial charge in [0.05, 0.1) is 26.5 Å². The fraction of sp³-hybridized carbons (Fsp3) is 0.143. The van der Waals surface area contributed by atoms with Crippen LogP contribution in [0.3, 0.4) is 0 Å². The summed E-state index contributed by atoms with van der Waals surface area (Å²) in [6, 6.07) is 15.7. The number of nitrogens with zero attached hydrogens (tertiary/aromatic N) is 1. The number of anilines is 2. The predicted molar refractivity (Wildman–Crippen MR) is 112 cm³/mol. The summed E-state index contributed by atoms with van der Waals surface area (Å²) >= 11 is 7.93. The lowest BCUT2D eigenvalue weighted by Gasteiger charge is -2.12. The Hall–Kier alpha value is -2.63. The third-order valence-corrected chi connectivity index (χ3v) is 5.96. The summed E-state index contributed by atoms with van der Waals surface area (Å²) in [4.78, 5) is 17.6. The van der Waals surface area contributed by atoms with Crippen LogP contribution in [0.15, 0.2) is 53.9 Å². The Morgan fingerprint density at radius 3 is 2.74 bits per heavy atom. The molecule has 2 heterocycles. The molecule has 6 heteroatoms. The number of pyridine rings is 1. The number of thiophene rings is 1. The van der Waals surface area contributed by atoms with Gasteiger partial charge in [0.1, 0.15) is 5.82 Å². The van der Waals surface area contributed by atoms with Crippen molar-refractivity contribution in [1.82, 2.24) is 10.3 Å². The van der Waals surface area contributed by atoms with E-state index in [0.29, 0.717) is 28.0 Å². The van der Waals surface area contributed by atoms with Crippen LogP contribution in [-0.2, 0) is 0 Å². The standard InChI is InChI=1S/C21H16ClN3OS/c22-16-6-1-2-7-17(16)24-20-19-14(10-11-27-19)13-4-3-5-15(18(13)25-20)21(26)23-12-8-9-12/h1-7,10-12H,8-9H2,(H,23,26)(H,24,25). The van der Waals surface area contributed by atoms with Crippen LogP contribution in [0.5, 0.6) is 0 Å². The van der Waals surface area contributed by atoms with Gasteiger partial charge in [-0.15, -0.1) is 11.3 Å². The minimum Gasteiger partial charge on any atom is -0.349 e. The molecule has 0 radical (unpaired) electrons. The minimum absolute atomic E-state index is 0.0612. The number of carbonyl (C=O) groups is 1. The van der Waals surface area contributed by atoms with Gasteiger partial charge < -0.3 is 10.6 Å². The van der Waals surface area contributed by atoms with Crippen molar-refractivity contribution in [2.24, 2.45) is 0 Å². The van der Waals surface area contributed by atoms with Gasteiger partial charge in [-0.25, -0.2) is 4.98 Å². The summed E-state index contributed by atoms with van der Waals surface area (Å²) in [6.45, 7) is 0. The molecule has 0 spiro atoms. The van der Waals surface area contributed by atoms with Crippen molar-refractivity contribution >= 4 is 61.3 Å². The van der Waals surface area contributed by atoms with E-state index in [0.717, 1.165) is 34.0 Å². The van der Waals surface area contributed by atoms with E-state index in [2.05, 4.69) is 16.7 Å². The Bertz CT molecular complexity index is 1180. The van der Waals surface area contributed by atoms with Gasteiger partial charge in [-0.05, 0) is 42.5 Å².